The third kappa shape index (κ3) is 4.63. The Bertz CT molecular complexity index is 1270. The lowest BCUT2D eigenvalue weighted by Gasteiger charge is -2.47. The highest BCUT2D eigenvalue weighted by Crippen LogP contribution is 2.44. The predicted octanol–water partition coefficient (Wildman–Crippen LogP) is 6.93. The van der Waals surface area contributed by atoms with Crippen molar-refractivity contribution in [3.8, 4) is 0 Å². The summed E-state index contributed by atoms with van der Waals surface area (Å²) in [5, 5.41) is 0. The van der Waals surface area contributed by atoms with E-state index in [0.717, 1.165) is 43.9 Å². The summed E-state index contributed by atoms with van der Waals surface area (Å²) in [6.07, 6.45) is 4.46. The van der Waals surface area contributed by atoms with E-state index in [9.17, 15) is 0 Å². The van der Waals surface area contributed by atoms with Gasteiger partial charge in [-0.15, -0.1) is 0 Å². The van der Waals surface area contributed by atoms with Crippen molar-refractivity contribution in [2.45, 2.75) is 18.4 Å². The second-order valence-electron chi connectivity index (χ2n) is 9.76. The molecule has 4 aromatic rings. The molecule has 0 saturated carbocycles. The number of hydrogen-bond acceptors (Lipinski definition) is 3. The van der Waals surface area contributed by atoms with Gasteiger partial charge in [0.05, 0.1) is 12.1 Å². The molecule has 1 fully saturated rings. The van der Waals surface area contributed by atoms with Gasteiger partial charge in [0.25, 0.3) is 0 Å². The minimum absolute atomic E-state index is 0.334. The van der Waals surface area contributed by atoms with Crippen molar-refractivity contribution in [3.63, 3.8) is 0 Å². The van der Waals surface area contributed by atoms with Gasteiger partial charge >= 0.3 is 0 Å². The first-order valence-electron chi connectivity index (χ1n) is 13.2. The van der Waals surface area contributed by atoms with Crippen LogP contribution >= 0.6 is 0 Å². The van der Waals surface area contributed by atoms with Gasteiger partial charge in [0.2, 0.25) is 5.90 Å². The Labute approximate surface area is 219 Å². The number of benzene rings is 4. The van der Waals surface area contributed by atoms with Crippen LogP contribution in [0.1, 0.15) is 40.7 Å². The van der Waals surface area contributed by atoms with Crippen LogP contribution in [0.25, 0.3) is 6.08 Å². The summed E-state index contributed by atoms with van der Waals surface area (Å²) >= 11 is 0. The summed E-state index contributed by atoms with van der Waals surface area (Å²) in [7, 11) is 0. The molecule has 0 aromatic heterocycles. The molecule has 0 amide bonds. The minimum Gasteiger partial charge on any atom is -0.476 e. The topological polar surface area (TPSA) is 24.8 Å². The van der Waals surface area contributed by atoms with Gasteiger partial charge < -0.3 is 4.74 Å². The fraction of sp³-hybridized carbons (Fsp3) is 0.206. The summed E-state index contributed by atoms with van der Waals surface area (Å²) in [5.74, 6) is 0.770. The molecule has 2 aliphatic heterocycles. The van der Waals surface area contributed by atoms with Crippen molar-refractivity contribution in [1.82, 2.24) is 4.90 Å². The third-order valence-corrected chi connectivity index (χ3v) is 7.57. The Morgan fingerprint density at radius 3 is 1.62 bits per heavy atom. The van der Waals surface area contributed by atoms with Gasteiger partial charge in [0, 0.05) is 18.7 Å². The number of nitrogens with zero attached hydrogens (tertiary/aromatic N) is 2. The third-order valence-electron chi connectivity index (χ3n) is 7.57. The van der Waals surface area contributed by atoms with Gasteiger partial charge in [-0.2, -0.15) is 0 Å². The second-order valence-corrected chi connectivity index (χ2v) is 9.76. The molecule has 0 N–H and O–H groups in total. The van der Waals surface area contributed by atoms with E-state index in [1.165, 1.54) is 27.8 Å². The van der Waals surface area contributed by atoms with E-state index in [0.29, 0.717) is 6.61 Å². The number of ether oxygens (including phenoxy) is 1. The Morgan fingerprint density at radius 2 is 1.16 bits per heavy atom. The van der Waals surface area contributed by atoms with E-state index in [4.69, 9.17) is 4.74 Å². The lowest BCUT2D eigenvalue weighted by Crippen LogP contribution is -2.50. The molecule has 184 valence electrons. The maximum atomic E-state index is 5.61. The molecule has 2 heterocycles. The van der Waals surface area contributed by atoms with Gasteiger partial charge in [-0.05, 0) is 47.2 Å². The van der Waals surface area contributed by atoms with Gasteiger partial charge in [-0.3, -0.25) is 4.90 Å². The van der Waals surface area contributed by atoms with E-state index >= 15 is 0 Å². The van der Waals surface area contributed by atoms with Crippen LogP contribution < -0.4 is 0 Å². The van der Waals surface area contributed by atoms with Crippen LogP contribution in [0.4, 0.5) is 0 Å². The normalized spacial score (nSPS) is 16.2. The second kappa shape index (κ2) is 10.6. The maximum Gasteiger partial charge on any atom is 0.216 e. The molecule has 0 atom stereocenters. The van der Waals surface area contributed by atoms with E-state index in [1.54, 1.807) is 0 Å². The van der Waals surface area contributed by atoms with E-state index in [1.807, 2.05) is 0 Å². The monoisotopic (exact) mass is 484 g/mol. The molecular weight excluding hydrogens is 452 g/mol. The summed E-state index contributed by atoms with van der Waals surface area (Å²) in [6, 6.07) is 41.6. The average Bonchev–Trinajstić information content (AvgIpc) is 3.52. The fourth-order valence-corrected chi connectivity index (χ4v) is 5.83. The van der Waals surface area contributed by atoms with E-state index in [2.05, 4.69) is 131 Å². The molecule has 3 nitrogen and oxygen atoms in total. The van der Waals surface area contributed by atoms with Gasteiger partial charge in [0.15, 0.2) is 0 Å². The van der Waals surface area contributed by atoms with E-state index < -0.39 is 0 Å². The van der Waals surface area contributed by atoms with Gasteiger partial charge in [0.1, 0.15) is 6.61 Å². The molecule has 1 saturated heterocycles. The molecule has 4 aromatic carbocycles. The first-order chi connectivity index (χ1) is 18.3. The highest BCUT2D eigenvalue weighted by Gasteiger charge is 2.42. The Morgan fingerprint density at radius 1 is 0.649 bits per heavy atom. The SMILES string of the molecule is C(=C1CCN(C(c2ccccc2)(c2ccccc2)c2ccccc2)CC1)c1ccc(C2=NCCO2)cc1. The quantitative estimate of drug-likeness (QED) is 0.277. The van der Waals surface area contributed by atoms with Crippen molar-refractivity contribution in [2.75, 3.05) is 26.2 Å². The standard InChI is InChI=1S/C34H32N2O/c1-4-10-30(11-5-1)34(31-12-6-2-7-13-31,32-14-8-3-9-15-32)36-23-20-28(21-24-36)26-27-16-18-29(19-17-27)33-35-22-25-37-33/h1-19,26H,20-25H2. The van der Waals surface area contributed by atoms with Crippen molar-refractivity contribution >= 4 is 12.0 Å². The Kier molecular flexibility index (Phi) is 6.70. The van der Waals surface area contributed by atoms with Crippen LogP contribution in [0.2, 0.25) is 0 Å². The van der Waals surface area contributed by atoms with Crippen LogP contribution in [-0.4, -0.2) is 37.0 Å². The summed E-state index contributed by atoms with van der Waals surface area (Å²) in [6.45, 7) is 3.43. The zero-order chi connectivity index (χ0) is 24.9. The summed E-state index contributed by atoms with van der Waals surface area (Å²) < 4.78 is 5.61. The molecule has 37 heavy (non-hydrogen) atoms. The molecule has 0 bridgehead atoms. The number of hydrogen-bond donors (Lipinski definition) is 0. The zero-order valence-electron chi connectivity index (χ0n) is 21.1. The van der Waals surface area contributed by atoms with E-state index in [-0.39, 0.29) is 5.54 Å². The van der Waals surface area contributed by atoms with Crippen LogP contribution in [0, 0.1) is 0 Å². The first kappa shape index (κ1) is 23.4. The lowest BCUT2D eigenvalue weighted by molar-refractivity contribution is 0.145. The lowest BCUT2D eigenvalue weighted by atomic mass is 9.74. The Hall–Kier alpha value is -3.95. The van der Waals surface area contributed by atoms with Crippen molar-refractivity contribution in [1.29, 1.82) is 0 Å². The average molecular weight is 485 g/mol. The predicted molar refractivity (Wildman–Crippen MR) is 152 cm³/mol. The van der Waals surface area contributed by atoms with Crippen LogP contribution in [0.5, 0.6) is 0 Å². The first-order valence-corrected chi connectivity index (χ1v) is 13.2. The van der Waals surface area contributed by atoms with Crippen LogP contribution in [0.3, 0.4) is 0 Å². The molecule has 0 spiro atoms. The van der Waals surface area contributed by atoms with Gasteiger partial charge in [-0.1, -0.05) is 115 Å². The Balaban J connectivity index is 1.32. The summed E-state index contributed by atoms with van der Waals surface area (Å²) in [5.41, 5.74) is 7.41. The van der Waals surface area contributed by atoms with Crippen molar-refractivity contribution in [2.24, 2.45) is 4.99 Å². The molecule has 3 heteroatoms. The van der Waals surface area contributed by atoms with Crippen LogP contribution in [0.15, 0.2) is 126 Å². The zero-order valence-corrected chi connectivity index (χ0v) is 21.1. The van der Waals surface area contributed by atoms with Crippen molar-refractivity contribution in [3.05, 3.63) is 149 Å². The molecule has 0 aliphatic carbocycles. The maximum absolute atomic E-state index is 5.61. The molecule has 2 aliphatic rings. The highest BCUT2D eigenvalue weighted by atomic mass is 16.5. The number of piperidine rings is 1. The highest BCUT2D eigenvalue weighted by molar-refractivity contribution is 5.95. The molecule has 0 unspecified atom stereocenters. The minimum atomic E-state index is -0.334. The number of rotatable bonds is 6. The number of aliphatic imine (C=N–C) groups is 1. The smallest absolute Gasteiger partial charge is 0.216 e. The van der Waals surface area contributed by atoms with Crippen molar-refractivity contribution < 1.29 is 4.74 Å². The van der Waals surface area contributed by atoms with Gasteiger partial charge in [-0.25, -0.2) is 4.99 Å². The largest absolute Gasteiger partial charge is 0.476 e. The molecule has 6 rings (SSSR count). The summed E-state index contributed by atoms with van der Waals surface area (Å²) in [4.78, 5) is 7.11. The fourth-order valence-electron chi connectivity index (χ4n) is 5.83. The number of likely N-dealkylation sites (tertiary alicyclic amines) is 1. The molecule has 0 radical (unpaired) electrons. The molecular formula is C34H32N2O. The van der Waals surface area contributed by atoms with Crippen LogP contribution in [-0.2, 0) is 10.3 Å².